The topological polar surface area (TPSA) is 4.41 Å². The third kappa shape index (κ3) is 3.92. The average Bonchev–Trinajstić information content (AvgIpc) is 2.80. The number of rotatable bonds is 0. The number of nitrogens with zero attached hydrogens (tertiary/aromatic N) is 1. The predicted octanol–water partition coefficient (Wildman–Crippen LogP) is 5.29. The van der Waals surface area contributed by atoms with Crippen LogP contribution in [0.5, 0.6) is 0 Å². The average molecular weight is 233 g/mol. The number of fused-ring (bicyclic) bond motifs is 1. The van der Waals surface area contributed by atoms with Gasteiger partial charge in [-0.1, -0.05) is 54.5 Å². The van der Waals surface area contributed by atoms with E-state index >= 15 is 0 Å². The molecule has 0 saturated carbocycles. The monoisotopic (exact) mass is 233 g/mol. The molecule has 2 aromatic rings. The molecule has 1 heteroatoms. The minimum Gasteiger partial charge on any atom is -0.324 e. The van der Waals surface area contributed by atoms with Crippen LogP contribution in [0.2, 0.25) is 0 Å². The highest BCUT2D eigenvalue weighted by molar-refractivity contribution is 5.57. The third-order valence-electron chi connectivity index (χ3n) is 2.37. The van der Waals surface area contributed by atoms with Crippen molar-refractivity contribution in [1.82, 2.24) is 4.40 Å². The molecule has 0 atom stereocenters. The lowest BCUT2D eigenvalue weighted by molar-refractivity contribution is 0.593. The second kappa shape index (κ2) is 7.16. The van der Waals surface area contributed by atoms with Crippen molar-refractivity contribution in [2.75, 3.05) is 0 Å². The Morgan fingerprint density at radius 3 is 1.76 bits per heavy atom. The second-order valence-corrected chi connectivity index (χ2v) is 4.47. The lowest BCUT2D eigenvalue weighted by Gasteiger charge is -2.20. The Balaban J connectivity index is 0.000000581. The molecule has 2 rings (SSSR count). The Labute approximate surface area is 106 Å². The van der Waals surface area contributed by atoms with E-state index in [0.29, 0.717) is 0 Å². The van der Waals surface area contributed by atoms with E-state index in [4.69, 9.17) is 0 Å². The molecule has 2 heterocycles. The molecule has 0 aliphatic rings. The molecule has 0 fully saturated rings. The van der Waals surface area contributed by atoms with Gasteiger partial charge in [0.2, 0.25) is 0 Å². The molecule has 0 aliphatic carbocycles. The van der Waals surface area contributed by atoms with Gasteiger partial charge in [-0.05, 0) is 29.2 Å². The highest BCUT2D eigenvalue weighted by atomic mass is 14.8. The molecule has 0 bridgehead atoms. The standard InChI is InChI=1S/C12H15N.2C2H6/c1-12(2,3)10-6-4-8-13-9-5-7-11(10)13;2*1-2/h4-9H,1-3H3;2*1-2H3. The van der Waals surface area contributed by atoms with Crippen LogP contribution in [0.25, 0.3) is 5.52 Å². The van der Waals surface area contributed by atoms with Crippen LogP contribution in [0.15, 0.2) is 36.7 Å². The summed E-state index contributed by atoms with van der Waals surface area (Å²) in [5.74, 6) is 0. The summed E-state index contributed by atoms with van der Waals surface area (Å²) in [7, 11) is 0. The summed E-state index contributed by atoms with van der Waals surface area (Å²) in [4.78, 5) is 0. The van der Waals surface area contributed by atoms with E-state index in [9.17, 15) is 0 Å². The van der Waals surface area contributed by atoms with Crippen LogP contribution in [0.1, 0.15) is 54.0 Å². The smallest absolute Gasteiger partial charge is 0.0487 e. The first kappa shape index (κ1) is 15.8. The maximum Gasteiger partial charge on any atom is 0.0487 e. The molecular weight excluding hydrogens is 206 g/mol. The molecule has 96 valence electrons. The van der Waals surface area contributed by atoms with Crippen molar-refractivity contribution in [3.05, 3.63) is 42.2 Å². The maximum absolute atomic E-state index is 2.25. The zero-order valence-corrected chi connectivity index (χ0v) is 12.4. The van der Waals surface area contributed by atoms with Gasteiger partial charge < -0.3 is 4.40 Å². The fourth-order valence-electron chi connectivity index (χ4n) is 1.70. The fourth-order valence-corrected chi connectivity index (χ4v) is 1.70. The summed E-state index contributed by atoms with van der Waals surface area (Å²) < 4.78 is 2.17. The molecule has 17 heavy (non-hydrogen) atoms. The van der Waals surface area contributed by atoms with E-state index < -0.39 is 0 Å². The Morgan fingerprint density at radius 2 is 1.29 bits per heavy atom. The van der Waals surface area contributed by atoms with Gasteiger partial charge in [0.1, 0.15) is 0 Å². The van der Waals surface area contributed by atoms with Gasteiger partial charge in [-0.2, -0.15) is 0 Å². The van der Waals surface area contributed by atoms with Crippen LogP contribution in [0.4, 0.5) is 0 Å². The van der Waals surface area contributed by atoms with Gasteiger partial charge in [-0.25, -0.2) is 0 Å². The third-order valence-corrected chi connectivity index (χ3v) is 2.37. The first-order chi connectivity index (χ1) is 8.09. The van der Waals surface area contributed by atoms with E-state index in [1.807, 2.05) is 27.7 Å². The summed E-state index contributed by atoms with van der Waals surface area (Å²) in [5, 5.41) is 0. The Morgan fingerprint density at radius 1 is 0.824 bits per heavy atom. The zero-order valence-electron chi connectivity index (χ0n) is 12.4. The SMILES string of the molecule is CC.CC.CC(C)(C)c1cccn2cccc12. The molecule has 0 unspecified atom stereocenters. The molecule has 0 N–H and O–H groups in total. The van der Waals surface area contributed by atoms with Crippen LogP contribution >= 0.6 is 0 Å². The Bertz CT molecular complexity index is 418. The summed E-state index contributed by atoms with van der Waals surface area (Å²) in [6, 6.07) is 8.56. The highest BCUT2D eigenvalue weighted by Gasteiger charge is 2.16. The highest BCUT2D eigenvalue weighted by Crippen LogP contribution is 2.26. The largest absolute Gasteiger partial charge is 0.324 e. The molecule has 0 radical (unpaired) electrons. The minimum atomic E-state index is 0.223. The van der Waals surface area contributed by atoms with Gasteiger partial charge in [0.25, 0.3) is 0 Å². The fraction of sp³-hybridized carbons (Fsp3) is 0.500. The van der Waals surface area contributed by atoms with Gasteiger partial charge in [-0.3, -0.25) is 0 Å². The van der Waals surface area contributed by atoms with Crippen molar-refractivity contribution >= 4 is 5.52 Å². The van der Waals surface area contributed by atoms with Crippen molar-refractivity contribution in [3.63, 3.8) is 0 Å². The summed E-state index contributed by atoms with van der Waals surface area (Å²) >= 11 is 0. The molecular formula is C16H27N. The lowest BCUT2D eigenvalue weighted by atomic mass is 9.87. The zero-order chi connectivity index (χ0) is 13.5. The van der Waals surface area contributed by atoms with Crippen LogP contribution in [0.3, 0.4) is 0 Å². The van der Waals surface area contributed by atoms with Crippen LogP contribution in [0, 0.1) is 0 Å². The number of aromatic nitrogens is 1. The van der Waals surface area contributed by atoms with Crippen LogP contribution in [-0.2, 0) is 5.41 Å². The van der Waals surface area contributed by atoms with Gasteiger partial charge in [-0.15, -0.1) is 0 Å². The second-order valence-electron chi connectivity index (χ2n) is 4.47. The van der Waals surface area contributed by atoms with Gasteiger partial charge in [0.15, 0.2) is 0 Å². The van der Waals surface area contributed by atoms with E-state index in [0.717, 1.165) is 0 Å². The Kier molecular flexibility index (Phi) is 6.64. The molecule has 0 aliphatic heterocycles. The molecule has 0 spiro atoms. The number of pyridine rings is 1. The lowest BCUT2D eigenvalue weighted by Crippen LogP contribution is -2.12. The van der Waals surface area contributed by atoms with Crippen LogP contribution < -0.4 is 0 Å². The van der Waals surface area contributed by atoms with Crippen LogP contribution in [-0.4, -0.2) is 4.40 Å². The van der Waals surface area contributed by atoms with Crippen molar-refractivity contribution in [3.8, 4) is 0 Å². The summed E-state index contributed by atoms with van der Waals surface area (Å²) in [5.41, 5.74) is 2.94. The van der Waals surface area contributed by atoms with E-state index in [1.165, 1.54) is 11.1 Å². The number of hydrogen-bond donors (Lipinski definition) is 0. The first-order valence-electron chi connectivity index (χ1n) is 6.65. The van der Waals surface area contributed by atoms with Gasteiger partial charge in [0.05, 0.1) is 0 Å². The molecule has 0 saturated heterocycles. The van der Waals surface area contributed by atoms with Crippen molar-refractivity contribution in [2.45, 2.75) is 53.9 Å². The normalized spacial score (nSPS) is 10.1. The quantitative estimate of drug-likeness (QED) is 0.582. The molecule has 0 amide bonds. The molecule has 1 nitrogen and oxygen atoms in total. The van der Waals surface area contributed by atoms with E-state index in [2.05, 4.69) is 61.8 Å². The van der Waals surface area contributed by atoms with Gasteiger partial charge >= 0.3 is 0 Å². The van der Waals surface area contributed by atoms with E-state index in [1.54, 1.807) is 0 Å². The predicted molar refractivity (Wildman–Crippen MR) is 78.8 cm³/mol. The van der Waals surface area contributed by atoms with Crippen molar-refractivity contribution in [2.24, 2.45) is 0 Å². The molecule has 0 aromatic carbocycles. The summed E-state index contributed by atoms with van der Waals surface area (Å²) in [6.45, 7) is 14.7. The maximum atomic E-state index is 2.25. The van der Waals surface area contributed by atoms with Crippen molar-refractivity contribution in [1.29, 1.82) is 0 Å². The first-order valence-corrected chi connectivity index (χ1v) is 6.65. The van der Waals surface area contributed by atoms with Gasteiger partial charge in [0, 0.05) is 17.9 Å². The Hall–Kier alpha value is -1.24. The minimum absolute atomic E-state index is 0.223. The van der Waals surface area contributed by atoms with E-state index in [-0.39, 0.29) is 5.41 Å². The summed E-state index contributed by atoms with van der Waals surface area (Å²) in [6.07, 6.45) is 4.18. The van der Waals surface area contributed by atoms with Crippen molar-refractivity contribution < 1.29 is 0 Å². The molecule has 2 aromatic heterocycles. The number of hydrogen-bond acceptors (Lipinski definition) is 0.